The van der Waals surface area contributed by atoms with Crippen molar-refractivity contribution >= 4 is 34.2 Å². The van der Waals surface area contributed by atoms with Crippen molar-refractivity contribution in [1.82, 2.24) is 10.9 Å². The Kier molecular flexibility index (Phi) is 3.65. The number of hydrogen-bond donors (Lipinski definition) is 2. The van der Waals surface area contributed by atoms with Crippen molar-refractivity contribution in [1.29, 1.82) is 0 Å². The minimum atomic E-state index is 0.390. The van der Waals surface area contributed by atoms with Crippen LogP contribution in [0.15, 0.2) is 24.3 Å². The van der Waals surface area contributed by atoms with E-state index in [4.69, 9.17) is 11.6 Å². The van der Waals surface area contributed by atoms with Gasteiger partial charge >= 0.3 is 0 Å². The highest BCUT2D eigenvalue weighted by Crippen LogP contribution is 2.23. The molecule has 76 valence electrons. The Morgan fingerprint density at radius 3 is 2.57 bits per heavy atom. The van der Waals surface area contributed by atoms with Gasteiger partial charge in [0.25, 0.3) is 0 Å². The smallest absolute Gasteiger partial charge is 0.0478 e. The van der Waals surface area contributed by atoms with E-state index in [2.05, 4.69) is 57.7 Å². The molecular weight excluding hydrogens is 310 g/mol. The Bertz CT molecular complexity index is 301. The Morgan fingerprint density at radius 1 is 1.29 bits per heavy atom. The van der Waals surface area contributed by atoms with Gasteiger partial charge in [-0.15, -0.1) is 11.6 Å². The van der Waals surface area contributed by atoms with E-state index < -0.39 is 0 Å². The van der Waals surface area contributed by atoms with Gasteiger partial charge < -0.3 is 0 Å². The molecule has 14 heavy (non-hydrogen) atoms. The van der Waals surface area contributed by atoms with Crippen molar-refractivity contribution in [3.63, 3.8) is 0 Å². The number of rotatable bonds is 2. The molecule has 0 bridgehead atoms. The Morgan fingerprint density at radius 2 is 2.00 bits per heavy atom. The second-order valence-corrected chi connectivity index (χ2v) is 5.03. The van der Waals surface area contributed by atoms with Crippen LogP contribution in [-0.4, -0.2) is 11.9 Å². The first kappa shape index (κ1) is 10.7. The van der Waals surface area contributed by atoms with E-state index >= 15 is 0 Å². The van der Waals surface area contributed by atoms with Crippen molar-refractivity contribution in [2.45, 2.75) is 18.5 Å². The molecule has 2 nitrogen and oxygen atoms in total. The van der Waals surface area contributed by atoms with Gasteiger partial charge in [-0.2, -0.15) is 0 Å². The zero-order chi connectivity index (χ0) is 9.97. The van der Waals surface area contributed by atoms with Gasteiger partial charge in [-0.25, -0.2) is 5.43 Å². The first-order valence-corrected chi connectivity index (χ1v) is 6.23. The maximum absolute atomic E-state index is 5.78. The molecule has 0 aromatic heterocycles. The zero-order valence-corrected chi connectivity index (χ0v) is 10.5. The summed E-state index contributed by atoms with van der Waals surface area (Å²) in [6, 6.07) is 9.38. The van der Waals surface area contributed by atoms with Gasteiger partial charge in [0.15, 0.2) is 0 Å². The predicted octanol–water partition coefficient (Wildman–Crippen LogP) is 2.44. The van der Waals surface area contributed by atoms with Crippen LogP contribution in [0.2, 0.25) is 0 Å². The Labute approximate surface area is 103 Å². The highest BCUT2D eigenvalue weighted by molar-refractivity contribution is 14.1. The molecule has 1 fully saturated rings. The Balaban J connectivity index is 2.06. The molecule has 1 aliphatic heterocycles. The fourth-order valence-electron chi connectivity index (χ4n) is 1.64. The van der Waals surface area contributed by atoms with Gasteiger partial charge in [0.05, 0.1) is 0 Å². The summed E-state index contributed by atoms with van der Waals surface area (Å²) in [5, 5.41) is 0. The quantitative estimate of drug-likeness (QED) is 0.645. The summed E-state index contributed by atoms with van der Waals surface area (Å²) < 4.78 is 1.27. The lowest BCUT2D eigenvalue weighted by Gasteiger charge is -2.09. The van der Waals surface area contributed by atoms with Gasteiger partial charge in [-0.3, -0.25) is 5.43 Å². The van der Waals surface area contributed by atoms with Gasteiger partial charge in [0.2, 0.25) is 0 Å². The largest absolute Gasteiger partial charge is 0.253 e. The summed E-state index contributed by atoms with van der Waals surface area (Å²) in [5.41, 5.74) is 7.77. The van der Waals surface area contributed by atoms with Crippen LogP contribution in [0.3, 0.4) is 0 Å². The van der Waals surface area contributed by atoms with Crippen molar-refractivity contribution in [3.05, 3.63) is 33.4 Å². The van der Waals surface area contributed by atoms with Crippen LogP contribution in [0.5, 0.6) is 0 Å². The average Bonchev–Trinajstić information content (AvgIpc) is 2.67. The lowest BCUT2D eigenvalue weighted by Crippen LogP contribution is -2.31. The molecule has 4 heteroatoms. The van der Waals surface area contributed by atoms with E-state index in [0.717, 1.165) is 6.42 Å². The zero-order valence-electron chi connectivity index (χ0n) is 7.63. The van der Waals surface area contributed by atoms with Gasteiger partial charge in [0, 0.05) is 21.5 Å². The summed E-state index contributed by atoms with van der Waals surface area (Å²) in [7, 11) is 0. The van der Waals surface area contributed by atoms with E-state index in [9.17, 15) is 0 Å². The van der Waals surface area contributed by atoms with Crippen LogP contribution in [0.4, 0.5) is 0 Å². The van der Waals surface area contributed by atoms with E-state index in [0.29, 0.717) is 18.0 Å². The molecule has 1 aliphatic rings. The monoisotopic (exact) mass is 322 g/mol. The number of halogens is 2. The lowest BCUT2D eigenvalue weighted by atomic mass is 10.0. The van der Waals surface area contributed by atoms with Crippen molar-refractivity contribution in [3.8, 4) is 0 Å². The summed E-state index contributed by atoms with van der Waals surface area (Å²) in [4.78, 5) is 0. The molecule has 0 aliphatic carbocycles. The van der Waals surface area contributed by atoms with Crippen LogP contribution in [0.1, 0.15) is 18.0 Å². The minimum absolute atomic E-state index is 0.390. The van der Waals surface area contributed by atoms with Crippen molar-refractivity contribution < 1.29 is 0 Å². The van der Waals surface area contributed by atoms with Crippen molar-refractivity contribution in [2.24, 2.45) is 0 Å². The number of alkyl halides is 1. The average molecular weight is 323 g/mol. The molecule has 1 aromatic rings. The topological polar surface area (TPSA) is 24.1 Å². The summed E-state index contributed by atoms with van der Waals surface area (Å²) in [5.74, 6) is 0.661. The minimum Gasteiger partial charge on any atom is -0.253 e. The number of benzene rings is 1. The maximum Gasteiger partial charge on any atom is 0.0478 e. The third-order valence-corrected chi connectivity index (χ3v) is 3.53. The molecule has 0 radical (unpaired) electrons. The van der Waals surface area contributed by atoms with E-state index in [1.807, 2.05) is 0 Å². The van der Waals surface area contributed by atoms with E-state index in [-0.39, 0.29) is 0 Å². The van der Waals surface area contributed by atoms with Gasteiger partial charge in [0.1, 0.15) is 0 Å². The highest BCUT2D eigenvalue weighted by Gasteiger charge is 2.23. The van der Waals surface area contributed by atoms with E-state index in [1.165, 1.54) is 9.13 Å². The maximum atomic E-state index is 5.78. The third-order valence-electron chi connectivity index (χ3n) is 2.44. The molecule has 1 saturated heterocycles. The fourth-order valence-corrected chi connectivity index (χ4v) is 2.20. The summed E-state index contributed by atoms with van der Waals surface area (Å²) in [6.45, 7) is 0. The number of nitrogens with one attached hydrogen (secondary N) is 2. The van der Waals surface area contributed by atoms with Crippen LogP contribution in [0, 0.1) is 3.57 Å². The fraction of sp³-hybridized carbons (Fsp3) is 0.400. The number of hydrazine groups is 1. The first-order valence-electron chi connectivity index (χ1n) is 4.62. The van der Waals surface area contributed by atoms with Gasteiger partial charge in [-0.1, -0.05) is 12.1 Å². The number of hydrogen-bond acceptors (Lipinski definition) is 2. The molecule has 1 heterocycles. The van der Waals surface area contributed by atoms with Crippen LogP contribution in [0.25, 0.3) is 0 Å². The molecule has 0 amide bonds. The van der Waals surface area contributed by atoms with Crippen LogP contribution >= 0.6 is 34.2 Å². The third kappa shape index (κ3) is 2.39. The molecule has 0 spiro atoms. The summed E-state index contributed by atoms with van der Waals surface area (Å²) >= 11 is 8.10. The normalized spacial score (nSPS) is 26.7. The lowest BCUT2D eigenvalue weighted by molar-refractivity contribution is 0.562. The molecule has 2 rings (SSSR count). The second-order valence-electron chi connectivity index (χ2n) is 3.48. The summed E-state index contributed by atoms with van der Waals surface area (Å²) in [6.07, 6.45) is 1.06. The SMILES string of the molecule is ClCC1CC(c2ccc(I)cc2)NN1. The first-order chi connectivity index (χ1) is 6.79. The molecule has 0 saturated carbocycles. The van der Waals surface area contributed by atoms with Crippen molar-refractivity contribution in [2.75, 3.05) is 5.88 Å². The molecule has 2 N–H and O–H groups in total. The highest BCUT2D eigenvalue weighted by atomic mass is 127. The van der Waals surface area contributed by atoms with E-state index in [1.54, 1.807) is 0 Å². The van der Waals surface area contributed by atoms with Gasteiger partial charge in [-0.05, 0) is 46.7 Å². The molecule has 2 atom stereocenters. The van der Waals surface area contributed by atoms with Crippen LogP contribution < -0.4 is 10.9 Å². The molecule has 2 unspecified atom stereocenters. The Hall–Kier alpha value is 0.160. The second kappa shape index (κ2) is 4.79. The molecular formula is C10H12ClIN2. The standard InChI is InChI=1S/C10H12ClIN2/c11-6-9-5-10(14-13-9)7-1-3-8(12)4-2-7/h1-4,9-10,13-14H,5-6H2. The molecule has 1 aromatic carbocycles. The van der Waals surface area contributed by atoms with Crippen LogP contribution in [-0.2, 0) is 0 Å². The predicted molar refractivity (Wildman–Crippen MR) is 67.3 cm³/mol.